The molecule has 2 aromatic carbocycles. The first-order chi connectivity index (χ1) is 18.6. The summed E-state index contributed by atoms with van der Waals surface area (Å²) >= 11 is 0. The molecule has 2 heterocycles. The number of carbonyl (C=O) groups is 2. The van der Waals surface area contributed by atoms with Crippen molar-refractivity contribution in [2.24, 2.45) is 0 Å². The van der Waals surface area contributed by atoms with Crippen LogP contribution in [0.4, 0.5) is 26.3 Å². The predicted molar refractivity (Wildman–Crippen MR) is 128 cm³/mol. The molecule has 0 radical (unpaired) electrons. The van der Waals surface area contributed by atoms with Gasteiger partial charge in [-0.05, 0) is 41.8 Å². The maximum atomic E-state index is 12.7. The zero-order valence-corrected chi connectivity index (χ0v) is 20.3. The maximum Gasteiger partial charge on any atom is 0.490 e. The van der Waals surface area contributed by atoms with Gasteiger partial charge in [0.1, 0.15) is 5.75 Å². The molecule has 0 fully saturated rings. The SMILES string of the molecule is COc1ccc(CCn2cnc3cc(-c4cn[nH]c4)ccc3c2=O)cc1.O=C(O)C(F)(F)F.O=C(O)C(F)(F)F. The summed E-state index contributed by atoms with van der Waals surface area (Å²) in [5, 5.41) is 21.6. The van der Waals surface area contributed by atoms with Gasteiger partial charge in [-0.25, -0.2) is 14.6 Å². The van der Waals surface area contributed by atoms with Gasteiger partial charge >= 0.3 is 24.3 Å². The number of fused-ring (bicyclic) bond motifs is 1. The smallest absolute Gasteiger partial charge is 0.490 e. The molecular formula is C24H20F6N4O6. The number of nitrogens with zero attached hydrogens (tertiary/aromatic N) is 3. The number of rotatable bonds is 5. The first-order valence-corrected chi connectivity index (χ1v) is 10.8. The summed E-state index contributed by atoms with van der Waals surface area (Å²) in [5.41, 5.74) is 3.76. The highest BCUT2D eigenvalue weighted by Crippen LogP contribution is 2.21. The number of alkyl halides is 6. The molecule has 214 valence electrons. The number of aryl methyl sites for hydroxylation is 2. The van der Waals surface area contributed by atoms with Crippen LogP contribution in [-0.2, 0) is 22.6 Å². The van der Waals surface area contributed by atoms with Gasteiger partial charge in [0.2, 0.25) is 0 Å². The van der Waals surface area contributed by atoms with Crippen LogP contribution in [0.3, 0.4) is 0 Å². The van der Waals surface area contributed by atoms with Gasteiger partial charge in [0, 0.05) is 18.3 Å². The quantitative estimate of drug-likeness (QED) is 0.299. The number of hydrogen-bond donors (Lipinski definition) is 3. The van der Waals surface area contributed by atoms with E-state index in [0.717, 1.165) is 28.9 Å². The van der Waals surface area contributed by atoms with Crippen molar-refractivity contribution in [1.29, 1.82) is 0 Å². The minimum atomic E-state index is -5.08. The molecule has 0 spiro atoms. The Hall–Kier alpha value is -4.89. The van der Waals surface area contributed by atoms with Gasteiger partial charge < -0.3 is 14.9 Å². The molecule has 0 saturated heterocycles. The number of ether oxygens (including phenoxy) is 1. The monoisotopic (exact) mass is 574 g/mol. The van der Waals surface area contributed by atoms with Crippen molar-refractivity contribution in [3.05, 3.63) is 77.1 Å². The van der Waals surface area contributed by atoms with E-state index < -0.39 is 24.3 Å². The first kappa shape index (κ1) is 31.3. The highest BCUT2D eigenvalue weighted by Gasteiger charge is 2.38. The molecule has 10 nitrogen and oxygen atoms in total. The molecule has 40 heavy (non-hydrogen) atoms. The lowest BCUT2D eigenvalue weighted by Gasteiger charge is -2.08. The van der Waals surface area contributed by atoms with Gasteiger partial charge in [0.25, 0.3) is 5.56 Å². The number of benzene rings is 2. The second kappa shape index (κ2) is 13.3. The zero-order valence-electron chi connectivity index (χ0n) is 20.3. The Bertz CT molecular complexity index is 1460. The highest BCUT2D eigenvalue weighted by molar-refractivity contribution is 5.83. The molecule has 0 unspecified atom stereocenters. The predicted octanol–water partition coefficient (Wildman–Crippen LogP) is 4.30. The third-order valence-corrected chi connectivity index (χ3v) is 4.94. The fourth-order valence-corrected chi connectivity index (χ4v) is 2.95. The van der Waals surface area contributed by atoms with Gasteiger partial charge in [0.05, 0.1) is 30.5 Å². The Morgan fingerprint density at radius 2 is 1.52 bits per heavy atom. The fourth-order valence-electron chi connectivity index (χ4n) is 2.95. The number of aromatic nitrogens is 4. The van der Waals surface area contributed by atoms with Crippen molar-refractivity contribution >= 4 is 22.8 Å². The highest BCUT2D eigenvalue weighted by atomic mass is 19.4. The van der Waals surface area contributed by atoms with Crippen LogP contribution in [0.1, 0.15) is 5.56 Å². The number of nitrogens with one attached hydrogen (secondary N) is 1. The molecule has 4 aromatic rings. The molecule has 0 saturated carbocycles. The Morgan fingerprint density at radius 1 is 0.950 bits per heavy atom. The normalized spacial score (nSPS) is 11.1. The van der Waals surface area contributed by atoms with Crippen LogP contribution in [0.25, 0.3) is 22.0 Å². The van der Waals surface area contributed by atoms with Crippen LogP contribution in [0, 0.1) is 0 Å². The minimum Gasteiger partial charge on any atom is -0.497 e. The van der Waals surface area contributed by atoms with E-state index in [0.29, 0.717) is 17.4 Å². The summed E-state index contributed by atoms with van der Waals surface area (Å²) in [7, 11) is 1.65. The van der Waals surface area contributed by atoms with Crippen molar-refractivity contribution < 1.29 is 50.9 Å². The number of aliphatic carboxylic acids is 2. The summed E-state index contributed by atoms with van der Waals surface area (Å²) < 4.78 is 70.3. The lowest BCUT2D eigenvalue weighted by Crippen LogP contribution is -2.21. The van der Waals surface area contributed by atoms with Gasteiger partial charge in [0.15, 0.2) is 0 Å². The number of aromatic amines is 1. The third-order valence-electron chi connectivity index (χ3n) is 4.94. The van der Waals surface area contributed by atoms with Gasteiger partial charge in [-0.3, -0.25) is 14.5 Å². The van der Waals surface area contributed by atoms with Crippen LogP contribution in [0.15, 0.2) is 66.0 Å². The molecule has 3 N–H and O–H groups in total. The molecule has 4 rings (SSSR count). The molecule has 0 aliphatic carbocycles. The Morgan fingerprint density at radius 3 is 2.00 bits per heavy atom. The Balaban J connectivity index is 0.000000333. The lowest BCUT2D eigenvalue weighted by molar-refractivity contribution is -0.193. The number of methoxy groups -OCH3 is 1. The molecule has 0 bridgehead atoms. The molecular weight excluding hydrogens is 554 g/mol. The van der Waals surface area contributed by atoms with E-state index >= 15 is 0 Å². The van der Waals surface area contributed by atoms with E-state index in [1.807, 2.05) is 48.7 Å². The van der Waals surface area contributed by atoms with Gasteiger partial charge in [-0.1, -0.05) is 18.2 Å². The second-order valence-corrected chi connectivity index (χ2v) is 7.67. The Kier molecular flexibility index (Phi) is 10.4. The fraction of sp³-hybridized carbons (Fsp3) is 0.208. The molecule has 0 amide bonds. The second-order valence-electron chi connectivity index (χ2n) is 7.67. The number of H-pyrrole nitrogens is 1. The number of halogens is 6. The summed E-state index contributed by atoms with van der Waals surface area (Å²) in [6.07, 6.45) is -4.23. The van der Waals surface area contributed by atoms with Crippen LogP contribution in [0.5, 0.6) is 5.75 Å². The van der Waals surface area contributed by atoms with E-state index in [9.17, 15) is 31.1 Å². The molecule has 2 aromatic heterocycles. The van der Waals surface area contributed by atoms with Gasteiger partial charge in [-0.15, -0.1) is 0 Å². The van der Waals surface area contributed by atoms with E-state index in [1.165, 1.54) is 0 Å². The lowest BCUT2D eigenvalue weighted by atomic mass is 10.1. The van der Waals surface area contributed by atoms with Crippen molar-refractivity contribution in [1.82, 2.24) is 19.7 Å². The van der Waals surface area contributed by atoms with E-state index in [4.69, 9.17) is 24.5 Å². The zero-order chi connectivity index (χ0) is 30.1. The Labute approximate surface area is 220 Å². The average Bonchev–Trinajstić information content (AvgIpc) is 3.43. The molecule has 0 aliphatic rings. The first-order valence-electron chi connectivity index (χ1n) is 10.8. The molecule has 0 atom stereocenters. The minimum absolute atomic E-state index is 0.0257. The van der Waals surface area contributed by atoms with E-state index in [1.54, 1.807) is 24.2 Å². The largest absolute Gasteiger partial charge is 0.497 e. The van der Waals surface area contributed by atoms with Crippen LogP contribution in [0.2, 0.25) is 0 Å². The number of carboxylic acids is 2. The van der Waals surface area contributed by atoms with Crippen molar-refractivity contribution in [3.63, 3.8) is 0 Å². The summed E-state index contributed by atoms with van der Waals surface area (Å²) in [6, 6.07) is 13.5. The average molecular weight is 574 g/mol. The third kappa shape index (κ3) is 9.14. The number of hydrogen-bond acceptors (Lipinski definition) is 6. The van der Waals surface area contributed by atoms with E-state index in [2.05, 4.69) is 15.2 Å². The van der Waals surface area contributed by atoms with Crippen molar-refractivity contribution in [2.75, 3.05) is 7.11 Å². The molecule has 16 heteroatoms. The van der Waals surface area contributed by atoms with E-state index in [-0.39, 0.29) is 5.56 Å². The van der Waals surface area contributed by atoms with Crippen molar-refractivity contribution in [2.45, 2.75) is 25.3 Å². The van der Waals surface area contributed by atoms with Crippen LogP contribution >= 0.6 is 0 Å². The topological polar surface area (TPSA) is 147 Å². The summed E-state index contributed by atoms with van der Waals surface area (Å²) in [4.78, 5) is 35.0. The van der Waals surface area contributed by atoms with Crippen LogP contribution in [-0.4, -0.2) is 61.4 Å². The van der Waals surface area contributed by atoms with Gasteiger partial charge in [-0.2, -0.15) is 31.4 Å². The van der Waals surface area contributed by atoms with Crippen LogP contribution < -0.4 is 10.3 Å². The standard InChI is InChI=1S/C20H18N4O2.2C2HF3O2/c1-26-17-5-2-14(3-6-17)8-9-24-13-21-19-10-15(16-11-22-23-12-16)4-7-18(19)20(24)25;2*3-2(4,5)1(6)7/h2-7,10-13H,8-9H2,1H3,(H,22,23);2*(H,6,7). The summed E-state index contributed by atoms with van der Waals surface area (Å²) in [5.74, 6) is -4.69. The van der Waals surface area contributed by atoms with Crippen molar-refractivity contribution in [3.8, 4) is 16.9 Å². The summed E-state index contributed by atoms with van der Waals surface area (Å²) in [6.45, 7) is 0.581. The number of carboxylic acid groups (broad SMARTS) is 2. The maximum absolute atomic E-state index is 12.7. The molecule has 0 aliphatic heterocycles.